The molecule has 1 N–H and O–H groups in total. The van der Waals surface area contributed by atoms with E-state index in [4.69, 9.17) is 15.9 Å². The third-order valence-electron chi connectivity index (χ3n) is 3.38. The molecule has 0 saturated carbocycles. The Morgan fingerprint density at radius 3 is 2.70 bits per heavy atom. The van der Waals surface area contributed by atoms with Gasteiger partial charge >= 0.3 is 0 Å². The average molecular weight is 364 g/mol. The summed E-state index contributed by atoms with van der Waals surface area (Å²) in [6.07, 6.45) is 6.57. The number of halogens is 1. The number of nitrogens with one attached hydrogen (secondary N) is 1. The molecule has 0 aromatic heterocycles. The van der Waals surface area contributed by atoms with Crippen LogP contribution in [-0.4, -0.2) is 19.1 Å². The van der Waals surface area contributed by atoms with Crippen LogP contribution in [0.3, 0.4) is 0 Å². The van der Waals surface area contributed by atoms with Gasteiger partial charge in [0.25, 0.3) is 5.91 Å². The molecule has 0 unspecified atom stereocenters. The van der Waals surface area contributed by atoms with Gasteiger partial charge in [-0.15, -0.1) is 6.42 Å². The predicted octanol–water partition coefficient (Wildman–Crippen LogP) is 3.78. The quantitative estimate of drug-likeness (QED) is 0.461. The van der Waals surface area contributed by atoms with Crippen molar-refractivity contribution in [1.29, 1.82) is 5.26 Å². The van der Waals surface area contributed by atoms with Crippen LogP contribution in [0.15, 0.2) is 48.0 Å². The van der Waals surface area contributed by atoms with E-state index in [0.29, 0.717) is 23.7 Å². The molecule has 0 fully saturated rings. The summed E-state index contributed by atoms with van der Waals surface area (Å²) in [5.41, 5.74) is 0.362. The first kappa shape index (κ1) is 19.6. The number of carbonyl (C=O) groups excluding carboxylic acids is 1. The summed E-state index contributed by atoms with van der Waals surface area (Å²) < 4.78 is 24.6. The maximum absolute atomic E-state index is 13.7. The lowest BCUT2D eigenvalue weighted by Gasteiger charge is -2.11. The zero-order valence-electron chi connectivity index (χ0n) is 14.7. The molecule has 0 saturated heterocycles. The molecule has 27 heavy (non-hydrogen) atoms. The molecule has 0 atom stereocenters. The fraction of sp³-hybridized carbons (Fsp3) is 0.143. The van der Waals surface area contributed by atoms with Gasteiger partial charge in [0.15, 0.2) is 11.5 Å². The molecule has 0 spiro atoms. The molecular formula is C21H17FN2O3. The number of anilines is 1. The van der Waals surface area contributed by atoms with Crippen molar-refractivity contribution in [3.8, 4) is 29.9 Å². The summed E-state index contributed by atoms with van der Waals surface area (Å²) in [5, 5.41) is 11.7. The van der Waals surface area contributed by atoms with Crippen molar-refractivity contribution in [3.05, 3.63) is 59.4 Å². The predicted molar refractivity (Wildman–Crippen MR) is 101 cm³/mol. The summed E-state index contributed by atoms with van der Waals surface area (Å²) in [6.45, 7) is 2.30. The van der Waals surface area contributed by atoms with E-state index in [1.807, 2.05) is 13.0 Å². The SMILES string of the molecule is C#CCOc1ccc(/C=C(/C#N)C(=O)Nc2ccccc2F)cc1OCC. The molecule has 0 bridgehead atoms. The number of hydrogen-bond donors (Lipinski definition) is 1. The minimum absolute atomic E-state index is 0.00307. The van der Waals surface area contributed by atoms with Crippen molar-refractivity contribution in [2.24, 2.45) is 0 Å². The Morgan fingerprint density at radius 1 is 1.26 bits per heavy atom. The van der Waals surface area contributed by atoms with E-state index < -0.39 is 11.7 Å². The molecule has 1 amide bonds. The van der Waals surface area contributed by atoms with Crippen molar-refractivity contribution in [2.75, 3.05) is 18.5 Å². The fourth-order valence-electron chi connectivity index (χ4n) is 2.19. The van der Waals surface area contributed by atoms with Crippen molar-refractivity contribution < 1.29 is 18.7 Å². The molecule has 2 aromatic carbocycles. The first-order chi connectivity index (χ1) is 13.1. The summed E-state index contributed by atoms with van der Waals surface area (Å²) in [5.74, 6) is 1.96. The van der Waals surface area contributed by atoms with Crippen LogP contribution < -0.4 is 14.8 Å². The lowest BCUT2D eigenvalue weighted by molar-refractivity contribution is -0.112. The third kappa shape index (κ3) is 5.35. The second-order valence-electron chi connectivity index (χ2n) is 5.24. The highest BCUT2D eigenvalue weighted by Gasteiger charge is 2.13. The Morgan fingerprint density at radius 2 is 2.04 bits per heavy atom. The van der Waals surface area contributed by atoms with E-state index >= 15 is 0 Å². The van der Waals surface area contributed by atoms with E-state index in [1.165, 1.54) is 24.3 Å². The van der Waals surface area contributed by atoms with E-state index in [2.05, 4.69) is 11.2 Å². The van der Waals surface area contributed by atoms with Gasteiger partial charge in [-0.05, 0) is 42.8 Å². The number of benzene rings is 2. The summed E-state index contributed by atoms with van der Waals surface area (Å²) >= 11 is 0. The van der Waals surface area contributed by atoms with Crippen LogP contribution in [0.2, 0.25) is 0 Å². The van der Waals surface area contributed by atoms with E-state index in [-0.39, 0.29) is 17.9 Å². The van der Waals surface area contributed by atoms with E-state index in [1.54, 1.807) is 24.3 Å². The number of carbonyl (C=O) groups is 1. The standard InChI is InChI=1S/C21H17FN2O3/c1-3-11-27-19-10-9-15(13-20(19)26-4-2)12-16(14-23)21(25)24-18-8-6-5-7-17(18)22/h1,5-10,12-13H,4,11H2,2H3,(H,24,25)/b16-12-. The van der Waals surface area contributed by atoms with Gasteiger partial charge < -0.3 is 14.8 Å². The Labute approximate surface area is 157 Å². The zero-order chi connectivity index (χ0) is 19.6. The summed E-state index contributed by atoms with van der Waals surface area (Å²) in [4.78, 5) is 12.3. The van der Waals surface area contributed by atoms with Crippen LogP contribution >= 0.6 is 0 Å². The highest BCUT2D eigenvalue weighted by atomic mass is 19.1. The molecule has 0 aliphatic rings. The average Bonchev–Trinajstić information content (AvgIpc) is 2.67. The van der Waals surface area contributed by atoms with Crippen molar-refractivity contribution in [3.63, 3.8) is 0 Å². The molecular weight excluding hydrogens is 347 g/mol. The molecule has 0 heterocycles. The van der Waals surface area contributed by atoms with Gasteiger partial charge in [0, 0.05) is 0 Å². The first-order valence-electron chi connectivity index (χ1n) is 8.09. The molecule has 6 heteroatoms. The van der Waals surface area contributed by atoms with Crippen molar-refractivity contribution in [2.45, 2.75) is 6.92 Å². The lowest BCUT2D eigenvalue weighted by Crippen LogP contribution is -2.14. The maximum Gasteiger partial charge on any atom is 0.266 e. The number of para-hydroxylation sites is 1. The van der Waals surface area contributed by atoms with Gasteiger partial charge in [0.2, 0.25) is 0 Å². The number of nitriles is 1. The molecule has 0 aliphatic heterocycles. The zero-order valence-corrected chi connectivity index (χ0v) is 14.7. The normalized spacial score (nSPS) is 10.4. The van der Waals surface area contributed by atoms with Gasteiger partial charge in [-0.2, -0.15) is 5.26 Å². The Hall–Kier alpha value is -3.77. The fourth-order valence-corrected chi connectivity index (χ4v) is 2.19. The third-order valence-corrected chi connectivity index (χ3v) is 3.38. The second-order valence-corrected chi connectivity index (χ2v) is 5.24. The monoisotopic (exact) mass is 364 g/mol. The molecule has 136 valence electrons. The highest BCUT2D eigenvalue weighted by molar-refractivity contribution is 6.09. The van der Waals surface area contributed by atoms with Crippen LogP contribution in [0, 0.1) is 29.5 Å². The number of terminal acetylenes is 1. The number of hydrogen-bond acceptors (Lipinski definition) is 4. The minimum atomic E-state index is -0.715. The van der Waals surface area contributed by atoms with Crippen LogP contribution in [0.4, 0.5) is 10.1 Å². The van der Waals surface area contributed by atoms with Gasteiger partial charge in [-0.1, -0.05) is 24.1 Å². The largest absolute Gasteiger partial charge is 0.490 e. The highest BCUT2D eigenvalue weighted by Crippen LogP contribution is 2.29. The number of rotatable bonds is 7. The van der Waals surface area contributed by atoms with Crippen LogP contribution in [-0.2, 0) is 4.79 Å². The number of nitrogens with zero attached hydrogens (tertiary/aromatic N) is 1. The maximum atomic E-state index is 13.7. The van der Waals surface area contributed by atoms with Crippen LogP contribution in [0.25, 0.3) is 6.08 Å². The van der Waals surface area contributed by atoms with Crippen LogP contribution in [0.1, 0.15) is 12.5 Å². The lowest BCUT2D eigenvalue weighted by atomic mass is 10.1. The Bertz CT molecular complexity index is 939. The van der Waals surface area contributed by atoms with Gasteiger partial charge in [-0.25, -0.2) is 4.39 Å². The molecule has 0 aliphatic carbocycles. The smallest absolute Gasteiger partial charge is 0.266 e. The molecule has 0 radical (unpaired) electrons. The Balaban J connectivity index is 2.27. The summed E-state index contributed by atoms with van der Waals surface area (Å²) in [7, 11) is 0. The molecule has 5 nitrogen and oxygen atoms in total. The summed E-state index contributed by atoms with van der Waals surface area (Å²) in [6, 6.07) is 12.5. The van der Waals surface area contributed by atoms with Gasteiger partial charge in [0.1, 0.15) is 24.1 Å². The van der Waals surface area contributed by atoms with Crippen molar-refractivity contribution >= 4 is 17.7 Å². The Kier molecular flexibility index (Phi) is 6.99. The number of ether oxygens (including phenoxy) is 2. The second kappa shape index (κ2) is 9.65. The number of amides is 1. The van der Waals surface area contributed by atoms with E-state index in [9.17, 15) is 14.4 Å². The molecule has 2 rings (SSSR count). The van der Waals surface area contributed by atoms with Gasteiger partial charge in [-0.3, -0.25) is 4.79 Å². The topological polar surface area (TPSA) is 71.3 Å². The first-order valence-corrected chi connectivity index (χ1v) is 8.09. The molecule has 2 aromatic rings. The minimum Gasteiger partial charge on any atom is -0.490 e. The van der Waals surface area contributed by atoms with Crippen molar-refractivity contribution in [1.82, 2.24) is 0 Å². The van der Waals surface area contributed by atoms with Crippen LogP contribution in [0.5, 0.6) is 11.5 Å². The van der Waals surface area contributed by atoms with E-state index in [0.717, 1.165) is 0 Å². The van der Waals surface area contributed by atoms with Gasteiger partial charge in [0.05, 0.1) is 12.3 Å².